The molecule has 140 valence electrons. The van der Waals surface area contributed by atoms with Gasteiger partial charge in [0.25, 0.3) is 0 Å². The molecular formula is C15H25N5O4S. The van der Waals surface area contributed by atoms with E-state index in [9.17, 15) is 19.5 Å². The summed E-state index contributed by atoms with van der Waals surface area (Å²) < 4.78 is 0. The number of carboxylic acid groups (broad SMARTS) is 1. The highest BCUT2D eigenvalue weighted by Gasteiger charge is 2.28. The second kappa shape index (κ2) is 10.0. The van der Waals surface area contributed by atoms with Gasteiger partial charge in [-0.3, -0.25) is 9.59 Å². The van der Waals surface area contributed by atoms with Gasteiger partial charge in [-0.15, -0.1) is 0 Å². The Kier molecular flexibility index (Phi) is 8.42. The Labute approximate surface area is 151 Å². The molecule has 0 bridgehead atoms. The largest absolute Gasteiger partial charge is 0.480 e. The summed E-state index contributed by atoms with van der Waals surface area (Å²) in [5.74, 6) is -2.01. The Hall–Kier alpha value is -2.07. The van der Waals surface area contributed by atoms with Crippen LogP contribution < -0.4 is 16.4 Å². The van der Waals surface area contributed by atoms with Crippen LogP contribution in [0.3, 0.4) is 0 Å². The molecule has 6 N–H and O–H groups in total. The maximum Gasteiger partial charge on any atom is 0.326 e. The van der Waals surface area contributed by atoms with E-state index in [1.165, 1.54) is 6.33 Å². The molecule has 0 saturated heterocycles. The zero-order chi connectivity index (χ0) is 19.0. The summed E-state index contributed by atoms with van der Waals surface area (Å²) in [5.41, 5.74) is 6.12. The molecule has 1 heterocycles. The molecule has 0 aliphatic heterocycles. The third kappa shape index (κ3) is 7.14. The number of carbonyl (C=O) groups is 3. The number of nitrogens with two attached hydrogens (primary N) is 1. The van der Waals surface area contributed by atoms with Crippen molar-refractivity contribution in [3.8, 4) is 0 Å². The van der Waals surface area contributed by atoms with E-state index in [0.717, 1.165) is 0 Å². The van der Waals surface area contributed by atoms with Crippen molar-refractivity contribution in [1.82, 2.24) is 20.6 Å². The van der Waals surface area contributed by atoms with Crippen LogP contribution in [0.5, 0.6) is 0 Å². The molecule has 9 nitrogen and oxygen atoms in total. The van der Waals surface area contributed by atoms with Crippen LogP contribution in [0.15, 0.2) is 12.5 Å². The first-order chi connectivity index (χ1) is 11.7. The van der Waals surface area contributed by atoms with Crippen molar-refractivity contribution < 1.29 is 19.5 Å². The van der Waals surface area contributed by atoms with E-state index in [4.69, 9.17) is 5.73 Å². The Morgan fingerprint density at radius 2 is 1.92 bits per heavy atom. The van der Waals surface area contributed by atoms with Gasteiger partial charge >= 0.3 is 5.97 Å². The van der Waals surface area contributed by atoms with Gasteiger partial charge in [0.1, 0.15) is 12.1 Å². The van der Waals surface area contributed by atoms with Crippen LogP contribution in [-0.2, 0) is 20.8 Å². The molecule has 0 aliphatic carbocycles. The minimum absolute atomic E-state index is 0.0308. The molecule has 2 amide bonds. The lowest BCUT2D eigenvalue weighted by Crippen LogP contribution is -2.55. The molecule has 3 atom stereocenters. The third-order valence-electron chi connectivity index (χ3n) is 3.46. The van der Waals surface area contributed by atoms with E-state index in [2.05, 4.69) is 33.2 Å². The highest BCUT2D eigenvalue weighted by Crippen LogP contribution is 2.07. The fourth-order valence-corrected chi connectivity index (χ4v) is 2.31. The van der Waals surface area contributed by atoms with E-state index >= 15 is 0 Å². The molecule has 1 aromatic heterocycles. The zero-order valence-corrected chi connectivity index (χ0v) is 15.1. The molecule has 0 spiro atoms. The van der Waals surface area contributed by atoms with Gasteiger partial charge in [0.05, 0.1) is 18.1 Å². The number of hydrogen-bond acceptors (Lipinski definition) is 6. The lowest BCUT2D eigenvalue weighted by atomic mass is 10.0. The highest BCUT2D eigenvalue weighted by atomic mass is 32.1. The smallest absolute Gasteiger partial charge is 0.326 e. The minimum Gasteiger partial charge on any atom is -0.480 e. The van der Waals surface area contributed by atoms with Gasteiger partial charge in [-0.05, 0) is 12.3 Å². The van der Waals surface area contributed by atoms with Gasteiger partial charge in [-0.1, -0.05) is 13.8 Å². The predicted octanol–water partition coefficient (Wildman–Crippen LogP) is -0.690. The second-order valence-electron chi connectivity index (χ2n) is 6.14. The fraction of sp³-hybridized carbons (Fsp3) is 0.600. The Morgan fingerprint density at radius 1 is 1.28 bits per heavy atom. The molecule has 0 aliphatic rings. The van der Waals surface area contributed by atoms with Crippen LogP contribution in [0.4, 0.5) is 0 Å². The average Bonchev–Trinajstić information content (AvgIpc) is 3.05. The molecule has 0 unspecified atom stereocenters. The van der Waals surface area contributed by atoms with Crippen LogP contribution in [-0.4, -0.2) is 56.7 Å². The van der Waals surface area contributed by atoms with Crippen molar-refractivity contribution in [2.24, 2.45) is 11.7 Å². The van der Waals surface area contributed by atoms with E-state index in [0.29, 0.717) is 12.1 Å². The summed E-state index contributed by atoms with van der Waals surface area (Å²) in [4.78, 5) is 42.5. The normalized spacial score (nSPS) is 14.6. The first-order valence-corrected chi connectivity index (χ1v) is 8.55. The van der Waals surface area contributed by atoms with Gasteiger partial charge in [0.2, 0.25) is 11.8 Å². The van der Waals surface area contributed by atoms with Gasteiger partial charge in [-0.25, -0.2) is 9.78 Å². The SMILES string of the molecule is CC(C)C[C@@H](NC(=O)[C@@H](N)CS)C(=O)N[C@@H](Cc1c[nH]cn1)C(=O)O. The first-order valence-electron chi connectivity index (χ1n) is 7.92. The number of aromatic nitrogens is 2. The molecule has 0 radical (unpaired) electrons. The summed E-state index contributed by atoms with van der Waals surface area (Å²) in [6.07, 6.45) is 3.37. The molecule has 10 heteroatoms. The first kappa shape index (κ1) is 21.0. The lowest BCUT2D eigenvalue weighted by Gasteiger charge is -2.23. The van der Waals surface area contributed by atoms with E-state index in [1.807, 2.05) is 13.8 Å². The summed E-state index contributed by atoms with van der Waals surface area (Å²) in [5, 5.41) is 14.3. The number of amides is 2. The van der Waals surface area contributed by atoms with Crippen LogP contribution in [0, 0.1) is 5.92 Å². The predicted molar refractivity (Wildman–Crippen MR) is 95.1 cm³/mol. The van der Waals surface area contributed by atoms with Crippen molar-refractivity contribution in [3.63, 3.8) is 0 Å². The molecule has 1 aromatic rings. The van der Waals surface area contributed by atoms with Crippen molar-refractivity contribution in [2.75, 3.05) is 5.75 Å². The highest BCUT2D eigenvalue weighted by molar-refractivity contribution is 7.80. The maximum atomic E-state index is 12.5. The summed E-state index contributed by atoms with van der Waals surface area (Å²) in [6, 6.07) is -2.87. The van der Waals surface area contributed by atoms with Crippen molar-refractivity contribution >= 4 is 30.4 Å². The van der Waals surface area contributed by atoms with E-state index in [-0.39, 0.29) is 18.1 Å². The number of aliphatic carboxylic acids is 1. The monoisotopic (exact) mass is 371 g/mol. The third-order valence-corrected chi connectivity index (χ3v) is 3.85. The summed E-state index contributed by atoms with van der Waals surface area (Å²) in [6.45, 7) is 3.78. The number of nitrogens with zero attached hydrogens (tertiary/aromatic N) is 1. The lowest BCUT2D eigenvalue weighted by molar-refractivity contribution is -0.142. The van der Waals surface area contributed by atoms with Gasteiger partial charge in [0.15, 0.2) is 0 Å². The number of imidazole rings is 1. The van der Waals surface area contributed by atoms with Gasteiger partial charge < -0.3 is 26.5 Å². The summed E-state index contributed by atoms with van der Waals surface area (Å²) >= 11 is 3.96. The number of nitrogens with one attached hydrogen (secondary N) is 3. The van der Waals surface area contributed by atoms with Gasteiger partial charge in [0, 0.05) is 18.4 Å². The second-order valence-corrected chi connectivity index (χ2v) is 6.51. The van der Waals surface area contributed by atoms with E-state index in [1.54, 1.807) is 6.20 Å². The standard InChI is InChI=1S/C15H25N5O4S/c1-8(2)3-11(19-13(21)10(16)6-25)14(22)20-12(15(23)24)4-9-5-17-7-18-9/h5,7-8,10-12,25H,3-4,6,16H2,1-2H3,(H,17,18)(H,19,21)(H,20,22)(H,23,24)/t10-,11+,12-/m0/s1. The average molecular weight is 371 g/mol. The molecule has 25 heavy (non-hydrogen) atoms. The molecule has 1 rings (SSSR count). The quantitative estimate of drug-likeness (QED) is 0.300. The molecule has 0 fully saturated rings. The molecular weight excluding hydrogens is 346 g/mol. The number of hydrogen-bond donors (Lipinski definition) is 6. The number of H-pyrrole nitrogens is 1. The zero-order valence-electron chi connectivity index (χ0n) is 14.2. The van der Waals surface area contributed by atoms with Crippen LogP contribution in [0.25, 0.3) is 0 Å². The van der Waals surface area contributed by atoms with E-state index < -0.39 is 35.9 Å². The molecule has 0 saturated carbocycles. The Morgan fingerprint density at radius 3 is 2.40 bits per heavy atom. The fourth-order valence-electron chi connectivity index (χ4n) is 2.15. The Balaban J connectivity index is 2.79. The maximum absolute atomic E-state index is 12.5. The number of carboxylic acids is 1. The van der Waals surface area contributed by atoms with Crippen molar-refractivity contribution in [3.05, 3.63) is 18.2 Å². The topological polar surface area (TPSA) is 150 Å². The van der Waals surface area contributed by atoms with Crippen molar-refractivity contribution in [2.45, 2.75) is 44.8 Å². The number of thiol groups is 1. The van der Waals surface area contributed by atoms with Crippen LogP contribution in [0.2, 0.25) is 0 Å². The van der Waals surface area contributed by atoms with Crippen LogP contribution >= 0.6 is 12.6 Å². The van der Waals surface area contributed by atoms with Gasteiger partial charge in [-0.2, -0.15) is 12.6 Å². The number of rotatable bonds is 10. The number of carbonyl (C=O) groups excluding carboxylic acids is 2. The molecule has 0 aromatic carbocycles. The van der Waals surface area contributed by atoms with Crippen molar-refractivity contribution in [1.29, 1.82) is 0 Å². The van der Waals surface area contributed by atoms with Crippen LogP contribution in [0.1, 0.15) is 26.0 Å². The Bertz CT molecular complexity index is 578. The minimum atomic E-state index is -1.18. The number of aromatic amines is 1. The summed E-state index contributed by atoms with van der Waals surface area (Å²) in [7, 11) is 0.